The first kappa shape index (κ1) is 15.1. The number of sulfone groups is 1. The molecule has 8 heteroatoms. The van der Waals surface area contributed by atoms with Crippen LogP contribution < -0.4 is 5.69 Å². The monoisotopic (exact) mass is 344 g/mol. The summed E-state index contributed by atoms with van der Waals surface area (Å²) in [6.07, 6.45) is 3.64. The first-order valence-corrected chi connectivity index (χ1v) is 9.53. The van der Waals surface area contributed by atoms with Gasteiger partial charge in [0.15, 0.2) is 9.84 Å². The van der Waals surface area contributed by atoms with Crippen LogP contribution in [0.25, 0.3) is 11.0 Å². The van der Waals surface area contributed by atoms with E-state index in [4.69, 9.17) is 0 Å². The van der Waals surface area contributed by atoms with Crippen LogP contribution in [0.5, 0.6) is 0 Å². The Bertz CT molecular complexity index is 1050. The van der Waals surface area contributed by atoms with Gasteiger partial charge in [-0.3, -0.25) is 9.25 Å². The second kappa shape index (κ2) is 5.55. The van der Waals surface area contributed by atoms with E-state index in [1.165, 1.54) is 6.20 Å². The van der Waals surface area contributed by atoms with Gasteiger partial charge in [0, 0.05) is 0 Å². The second-order valence-electron chi connectivity index (χ2n) is 6.03. The van der Waals surface area contributed by atoms with Gasteiger partial charge in [-0.2, -0.15) is 10.1 Å². The van der Waals surface area contributed by atoms with E-state index in [1.54, 1.807) is 15.4 Å². The van der Waals surface area contributed by atoms with E-state index < -0.39 is 9.84 Å². The zero-order valence-corrected chi connectivity index (χ0v) is 13.7. The van der Waals surface area contributed by atoms with Gasteiger partial charge in [0.1, 0.15) is 5.52 Å². The predicted octanol–water partition coefficient (Wildman–Crippen LogP) is 1.00. The molecule has 1 aliphatic heterocycles. The average molecular weight is 344 g/mol. The fourth-order valence-electron chi connectivity index (χ4n) is 3.16. The molecule has 0 bridgehead atoms. The minimum Gasteiger partial charge on any atom is -0.284 e. The first-order valence-electron chi connectivity index (χ1n) is 7.71. The molecular formula is C16H16N4O3S. The zero-order valence-electron chi connectivity index (χ0n) is 12.9. The lowest BCUT2D eigenvalue weighted by Crippen LogP contribution is -2.23. The number of benzene rings is 1. The maximum atomic E-state index is 12.2. The number of hydrogen-bond acceptors (Lipinski definition) is 5. The summed E-state index contributed by atoms with van der Waals surface area (Å²) in [6.45, 7) is 0.401. The highest BCUT2D eigenvalue weighted by molar-refractivity contribution is 7.91. The van der Waals surface area contributed by atoms with Crippen LogP contribution >= 0.6 is 0 Å². The summed E-state index contributed by atoms with van der Waals surface area (Å²) in [5.41, 5.74) is 2.01. The van der Waals surface area contributed by atoms with Crippen molar-refractivity contribution in [2.45, 2.75) is 19.0 Å². The van der Waals surface area contributed by atoms with Gasteiger partial charge in [-0.1, -0.05) is 30.3 Å². The molecule has 0 saturated carbocycles. The minimum atomic E-state index is -3.01. The van der Waals surface area contributed by atoms with E-state index in [9.17, 15) is 13.2 Å². The topological polar surface area (TPSA) is 86.8 Å². The van der Waals surface area contributed by atoms with E-state index in [0.717, 1.165) is 5.56 Å². The minimum absolute atomic E-state index is 0.0849. The molecule has 0 unspecified atom stereocenters. The molecule has 1 fully saturated rings. The fraction of sp³-hybridized carbons (Fsp3) is 0.312. The van der Waals surface area contributed by atoms with E-state index in [1.807, 2.05) is 30.3 Å². The summed E-state index contributed by atoms with van der Waals surface area (Å²) in [6, 6.07) is 9.45. The maximum Gasteiger partial charge on any atom is 0.348 e. The second-order valence-corrected chi connectivity index (χ2v) is 8.26. The predicted molar refractivity (Wildman–Crippen MR) is 89.6 cm³/mol. The van der Waals surface area contributed by atoms with Crippen molar-refractivity contribution in [2.24, 2.45) is 0 Å². The van der Waals surface area contributed by atoms with E-state index in [-0.39, 0.29) is 23.2 Å². The van der Waals surface area contributed by atoms with Crippen LogP contribution in [0.15, 0.2) is 47.5 Å². The van der Waals surface area contributed by atoms with Crippen LogP contribution in [0.1, 0.15) is 18.0 Å². The van der Waals surface area contributed by atoms with Gasteiger partial charge in [0.05, 0.1) is 42.0 Å². The number of hydrogen-bond donors (Lipinski definition) is 0. The van der Waals surface area contributed by atoms with Crippen molar-refractivity contribution in [1.29, 1.82) is 0 Å². The van der Waals surface area contributed by atoms with Gasteiger partial charge in [0.2, 0.25) is 0 Å². The molecule has 1 aliphatic rings. The Balaban J connectivity index is 1.79. The van der Waals surface area contributed by atoms with Crippen molar-refractivity contribution >= 4 is 20.9 Å². The Morgan fingerprint density at radius 2 is 1.92 bits per heavy atom. The number of fused-ring (bicyclic) bond motifs is 1. The van der Waals surface area contributed by atoms with Crippen LogP contribution in [0, 0.1) is 0 Å². The molecule has 0 radical (unpaired) electrons. The third-order valence-corrected chi connectivity index (χ3v) is 6.12. The molecule has 124 valence electrons. The molecule has 0 spiro atoms. The SMILES string of the molecule is O=c1ncc2c(cnn2[C@H]2CCS(=O)(=O)C2)n1Cc1ccccc1. The lowest BCUT2D eigenvalue weighted by atomic mass is 10.2. The summed E-state index contributed by atoms with van der Waals surface area (Å²) in [4.78, 5) is 16.1. The summed E-state index contributed by atoms with van der Waals surface area (Å²) in [5, 5.41) is 4.34. The molecular weight excluding hydrogens is 328 g/mol. The fourth-order valence-corrected chi connectivity index (χ4v) is 4.85. The van der Waals surface area contributed by atoms with Crippen LogP contribution in [0.3, 0.4) is 0 Å². The molecule has 0 amide bonds. The number of rotatable bonds is 3. The molecule has 4 rings (SSSR count). The van der Waals surface area contributed by atoms with Crippen molar-refractivity contribution in [3.8, 4) is 0 Å². The molecule has 0 aliphatic carbocycles. The maximum absolute atomic E-state index is 12.2. The quantitative estimate of drug-likeness (QED) is 0.707. The van der Waals surface area contributed by atoms with Crippen molar-refractivity contribution in [3.63, 3.8) is 0 Å². The van der Waals surface area contributed by atoms with Gasteiger partial charge in [0.25, 0.3) is 0 Å². The van der Waals surface area contributed by atoms with Crippen molar-refractivity contribution in [2.75, 3.05) is 11.5 Å². The highest BCUT2D eigenvalue weighted by atomic mass is 32.2. The van der Waals surface area contributed by atoms with Gasteiger partial charge in [-0.05, 0) is 12.0 Å². The molecule has 2 aromatic heterocycles. The standard InChI is InChI=1S/C16H16N4O3S/c21-16-17-8-15-14(19(16)10-12-4-2-1-3-5-12)9-18-20(15)13-6-7-24(22,23)11-13/h1-5,8-9,13H,6-7,10-11H2/t13-/m0/s1. The van der Waals surface area contributed by atoms with Crippen molar-refractivity contribution < 1.29 is 8.42 Å². The van der Waals surface area contributed by atoms with Crippen LogP contribution in [0.2, 0.25) is 0 Å². The lowest BCUT2D eigenvalue weighted by Gasteiger charge is -2.11. The van der Waals surface area contributed by atoms with Crippen LogP contribution in [-0.4, -0.2) is 39.3 Å². The molecule has 1 atom stereocenters. The van der Waals surface area contributed by atoms with Crippen LogP contribution in [-0.2, 0) is 16.4 Å². The lowest BCUT2D eigenvalue weighted by molar-refractivity contribution is 0.515. The van der Waals surface area contributed by atoms with Crippen molar-refractivity contribution in [3.05, 3.63) is 58.8 Å². The highest BCUT2D eigenvalue weighted by Crippen LogP contribution is 2.26. The first-order chi connectivity index (χ1) is 11.5. The normalized spacial score (nSPS) is 19.8. The van der Waals surface area contributed by atoms with E-state index in [0.29, 0.717) is 24.0 Å². The Hall–Kier alpha value is -2.48. The zero-order chi connectivity index (χ0) is 16.7. The van der Waals surface area contributed by atoms with Gasteiger partial charge in [-0.15, -0.1) is 0 Å². The molecule has 1 saturated heterocycles. The molecule has 3 aromatic rings. The van der Waals surface area contributed by atoms with Gasteiger partial charge < -0.3 is 0 Å². The summed E-state index contributed by atoms with van der Waals surface area (Å²) in [7, 11) is -3.01. The third-order valence-electron chi connectivity index (χ3n) is 4.37. The summed E-state index contributed by atoms with van der Waals surface area (Å²) < 4.78 is 26.7. The van der Waals surface area contributed by atoms with Crippen LogP contribution in [0.4, 0.5) is 0 Å². The van der Waals surface area contributed by atoms with Gasteiger partial charge in [-0.25, -0.2) is 13.2 Å². The molecule has 7 nitrogen and oxygen atoms in total. The molecule has 3 heterocycles. The summed E-state index contributed by atoms with van der Waals surface area (Å²) >= 11 is 0. The largest absolute Gasteiger partial charge is 0.348 e. The van der Waals surface area contributed by atoms with Gasteiger partial charge >= 0.3 is 5.69 Å². The van der Waals surface area contributed by atoms with E-state index >= 15 is 0 Å². The Morgan fingerprint density at radius 3 is 2.62 bits per heavy atom. The molecule has 1 aromatic carbocycles. The number of nitrogens with zero attached hydrogens (tertiary/aromatic N) is 4. The Labute approximate surface area is 138 Å². The molecule has 24 heavy (non-hydrogen) atoms. The third kappa shape index (κ3) is 2.62. The smallest absolute Gasteiger partial charge is 0.284 e. The average Bonchev–Trinajstić information content (AvgIpc) is 3.14. The van der Waals surface area contributed by atoms with Crippen molar-refractivity contribution in [1.82, 2.24) is 19.3 Å². The highest BCUT2D eigenvalue weighted by Gasteiger charge is 2.30. The Kier molecular flexibility index (Phi) is 3.49. The Morgan fingerprint density at radius 1 is 1.12 bits per heavy atom. The molecule has 0 N–H and O–H groups in total. The number of aromatic nitrogens is 4. The van der Waals surface area contributed by atoms with E-state index in [2.05, 4.69) is 10.1 Å². The summed E-state index contributed by atoms with van der Waals surface area (Å²) in [5.74, 6) is 0.262.